The summed E-state index contributed by atoms with van der Waals surface area (Å²) in [5.74, 6) is -0.607. The highest BCUT2D eigenvalue weighted by atomic mass is 35.5. The van der Waals surface area contributed by atoms with Crippen molar-refractivity contribution in [3.63, 3.8) is 0 Å². The number of halogens is 2. The largest absolute Gasteiger partial charge is 0.497 e. The van der Waals surface area contributed by atoms with Gasteiger partial charge in [0, 0.05) is 12.3 Å². The molecule has 1 aromatic heterocycles. The van der Waals surface area contributed by atoms with Gasteiger partial charge >= 0.3 is 0 Å². The van der Waals surface area contributed by atoms with Crippen molar-refractivity contribution >= 4 is 23.3 Å². The normalized spacial score (nSPS) is 10.1. The first kappa shape index (κ1) is 13.3. The van der Waals surface area contributed by atoms with Crippen LogP contribution in [0.25, 0.3) is 0 Å². The summed E-state index contributed by atoms with van der Waals surface area (Å²) in [6.45, 7) is 0. The molecule has 0 aliphatic carbocycles. The minimum absolute atomic E-state index is 0.0856. The predicted molar refractivity (Wildman–Crippen MR) is 70.2 cm³/mol. The molecular weight excluding hydrogens is 271 g/mol. The Morgan fingerprint density at radius 3 is 2.74 bits per heavy atom. The Balaban J connectivity index is 2.18. The van der Waals surface area contributed by atoms with Crippen LogP contribution in [0.4, 0.5) is 10.2 Å². The lowest BCUT2D eigenvalue weighted by Crippen LogP contribution is -2.14. The van der Waals surface area contributed by atoms with Crippen LogP contribution >= 0.6 is 11.6 Å². The van der Waals surface area contributed by atoms with Crippen molar-refractivity contribution < 1.29 is 13.9 Å². The van der Waals surface area contributed by atoms with Crippen LogP contribution < -0.4 is 10.1 Å². The number of rotatable bonds is 3. The van der Waals surface area contributed by atoms with Gasteiger partial charge in [0.05, 0.1) is 17.7 Å². The molecule has 0 bridgehead atoms. The average molecular weight is 281 g/mol. The van der Waals surface area contributed by atoms with Gasteiger partial charge in [0.15, 0.2) is 0 Å². The van der Waals surface area contributed by atoms with Crippen molar-refractivity contribution in [2.75, 3.05) is 12.4 Å². The standard InChI is InChI=1S/C13H10ClFN2O2/c1-19-9-3-4-10(11(15)6-9)13(18)17-12-5-2-8(14)7-16-12/h2-7H,1H3,(H,16,17,18). The van der Waals surface area contributed by atoms with Crippen molar-refractivity contribution in [3.05, 3.63) is 52.9 Å². The lowest BCUT2D eigenvalue weighted by molar-refractivity contribution is 0.102. The van der Waals surface area contributed by atoms with Crippen LogP contribution in [0.3, 0.4) is 0 Å². The molecule has 0 spiro atoms. The van der Waals surface area contributed by atoms with Crippen molar-refractivity contribution in [3.8, 4) is 5.75 Å². The van der Waals surface area contributed by atoms with Crippen molar-refractivity contribution in [1.82, 2.24) is 4.98 Å². The van der Waals surface area contributed by atoms with Crippen LogP contribution in [-0.2, 0) is 0 Å². The zero-order valence-corrected chi connectivity index (χ0v) is 10.7. The number of nitrogens with one attached hydrogen (secondary N) is 1. The Kier molecular flexibility index (Phi) is 3.97. The first-order valence-electron chi connectivity index (χ1n) is 5.36. The molecule has 1 aromatic carbocycles. The van der Waals surface area contributed by atoms with Gasteiger partial charge in [-0.3, -0.25) is 4.79 Å². The number of carbonyl (C=O) groups excluding carboxylic acids is 1. The summed E-state index contributed by atoms with van der Waals surface area (Å²) in [6, 6.07) is 7.10. The molecule has 19 heavy (non-hydrogen) atoms. The van der Waals surface area contributed by atoms with E-state index in [1.807, 2.05) is 0 Å². The Morgan fingerprint density at radius 2 is 2.16 bits per heavy atom. The van der Waals surface area contributed by atoms with Gasteiger partial charge in [-0.05, 0) is 24.3 Å². The number of benzene rings is 1. The van der Waals surface area contributed by atoms with Crippen LogP contribution in [0, 0.1) is 5.82 Å². The van der Waals surface area contributed by atoms with E-state index in [9.17, 15) is 9.18 Å². The highest BCUT2D eigenvalue weighted by Crippen LogP contribution is 2.17. The van der Waals surface area contributed by atoms with Crippen LogP contribution in [0.15, 0.2) is 36.5 Å². The highest BCUT2D eigenvalue weighted by Gasteiger charge is 2.13. The number of aromatic nitrogens is 1. The quantitative estimate of drug-likeness (QED) is 0.940. The van der Waals surface area contributed by atoms with Gasteiger partial charge in [0.25, 0.3) is 5.91 Å². The van der Waals surface area contributed by atoms with E-state index >= 15 is 0 Å². The zero-order chi connectivity index (χ0) is 13.8. The lowest BCUT2D eigenvalue weighted by atomic mass is 10.2. The molecule has 0 aliphatic heterocycles. The molecule has 4 nitrogen and oxygen atoms in total. The summed E-state index contributed by atoms with van der Waals surface area (Å²) in [4.78, 5) is 15.8. The second kappa shape index (κ2) is 5.67. The number of hydrogen-bond acceptors (Lipinski definition) is 3. The van der Waals surface area contributed by atoms with Gasteiger partial charge in [-0.25, -0.2) is 9.37 Å². The summed E-state index contributed by atoms with van der Waals surface area (Å²) in [5.41, 5.74) is -0.0856. The van der Waals surface area contributed by atoms with Crippen LogP contribution in [0.1, 0.15) is 10.4 Å². The molecule has 2 rings (SSSR count). The van der Waals surface area contributed by atoms with E-state index in [0.717, 1.165) is 6.07 Å². The molecule has 0 fully saturated rings. The number of pyridine rings is 1. The maximum Gasteiger partial charge on any atom is 0.259 e. The van der Waals surface area contributed by atoms with E-state index < -0.39 is 11.7 Å². The lowest BCUT2D eigenvalue weighted by Gasteiger charge is -2.06. The molecule has 0 atom stereocenters. The molecule has 1 heterocycles. The molecule has 0 saturated heterocycles. The average Bonchev–Trinajstić information content (AvgIpc) is 2.41. The third-order valence-corrected chi connectivity index (χ3v) is 2.61. The van der Waals surface area contributed by atoms with Crippen LogP contribution in [0.5, 0.6) is 5.75 Å². The van der Waals surface area contributed by atoms with Crippen molar-refractivity contribution in [1.29, 1.82) is 0 Å². The van der Waals surface area contributed by atoms with E-state index in [2.05, 4.69) is 10.3 Å². The minimum atomic E-state index is -0.661. The summed E-state index contributed by atoms with van der Waals surface area (Å²) >= 11 is 5.67. The molecule has 0 saturated carbocycles. The molecule has 0 unspecified atom stereocenters. The highest BCUT2D eigenvalue weighted by molar-refractivity contribution is 6.30. The van der Waals surface area contributed by atoms with E-state index in [1.165, 1.54) is 31.5 Å². The number of hydrogen-bond donors (Lipinski definition) is 1. The third kappa shape index (κ3) is 3.20. The Labute approximate surface area is 114 Å². The summed E-state index contributed by atoms with van der Waals surface area (Å²) in [7, 11) is 1.42. The van der Waals surface area contributed by atoms with Gasteiger partial charge in [-0.2, -0.15) is 0 Å². The van der Waals surface area contributed by atoms with Gasteiger partial charge < -0.3 is 10.1 Å². The topological polar surface area (TPSA) is 51.2 Å². The molecule has 6 heteroatoms. The van der Waals surface area contributed by atoms with Gasteiger partial charge in [-0.1, -0.05) is 11.6 Å². The SMILES string of the molecule is COc1ccc(C(=O)Nc2ccc(Cl)cn2)c(F)c1. The number of carbonyl (C=O) groups is 1. The van der Waals surface area contributed by atoms with Crippen molar-refractivity contribution in [2.24, 2.45) is 0 Å². The number of amides is 1. The molecule has 1 amide bonds. The number of methoxy groups -OCH3 is 1. The fourth-order valence-electron chi connectivity index (χ4n) is 1.44. The zero-order valence-electron chi connectivity index (χ0n) is 9.98. The van der Waals surface area contributed by atoms with Gasteiger partial charge in [0.2, 0.25) is 0 Å². The van der Waals surface area contributed by atoms with E-state index in [-0.39, 0.29) is 5.56 Å². The fraction of sp³-hybridized carbons (Fsp3) is 0.0769. The van der Waals surface area contributed by atoms with Gasteiger partial charge in [-0.15, -0.1) is 0 Å². The second-order valence-electron chi connectivity index (χ2n) is 3.66. The number of ether oxygens (including phenoxy) is 1. The van der Waals surface area contributed by atoms with Crippen LogP contribution in [0.2, 0.25) is 5.02 Å². The summed E-state index contributed by atoms with van der Waals surface area (Å²) in [6.07, 6.45) is 1.39. The molecule has 0 aliphatic rings. The smallest absolute Gasteiger partial charge is 0.259 e. The van der Waals surface area contributed by atoms with E-state index in [4.69, 9.17) is 16.3 Å². The Morgan fingerprint density at radius 1 is 1.37 bits per heavy atom. The van der Waals surface area contributed by atoms with Gasteiger partial charge in [0.1, 0.15) is 17.4 Å². The summed E-state index contributed by atoms with van der Waals surface area (Å²) in [5, 5.41) is 2.93. The monoisotopic (exact) mass is 280 g/mol. The third-order valence-electron chi connectivity index (χ3n) is 2.39. The van der Waals surface area contributed by atoms with E-state index in [1.54, 1.807) is 6.07 Å². The molecule has 1 N–H and O–H groups in total. The fourth-order valence-corrected chi connectivity index (χ4v) is 1.55. The second-order valence-corrected chi connectivity index (χ2v) is 4.10. The number of nitrogens with zero attached hydrogens (tertiary/aromatic N) is 1. The Bertz CT molecular complexity index is 602. The molecule has 0 radical (unpaired) electrons. The van der Waals surface area contributed by atoms with Crippen LogP contribution in [-0.4, -0.2) is 18.0 Å². The predicted octanol–water partition coefficient (Wildman–Crippen LogP) is 3.14. The minimum Gasteiger partial charge on any atom is -0.497 e. The summed E-state index contributed by atoms with van der Waals surface area (Å²) < 4.78 is 18.5. The maximum atomic E-state index is 13.7. The Hall–Kier alpha value is -2.14. The maximum absolute atomic E-state index is 13.7. The first-order valence-corrected chi connectivity index (χ1v) is 5.74. The number of anilines is 1. The molecule has 2 aromatic rings. The van der Waals surface area contributed by atoms with Crippen molar-refractivity contribution in [2.45, 2.75) is 0 Å². The molecule has 98 valence electrons. The van der Waals surface area contributed by atoms with E-state index in [0.29, 0.717) is 16.6 Å². The first-order chi connectivity index (χ1) is 9.10. The molecular formula is C13H10ClFN2O2.